The van der Waals surface area contributed by atoms with Crippen LogP contribution < -0.4 is 5.32 Å². The number of benzene rings is 1. The predicted octanol–water partition coefficient (Wildman–Crippen LogP) is 2.76. The van der Waals surface area contributed by atoms with E-state index in [9.17, 15) is 4.79 Å². The predicted molar refractivity (Wildman–Crippen MR) is 76.7 cm³/mol. The number of carbonyl (C=O) groups is 1. The van der Waals surface area contributed by atoms with Crippen molar-refractivity contribution >= 4 is 23.2 Å². The van der Waals surface area contributed by atoms with Gasteiger partial charge in [0, 0.05) is 13.2 Å². The molecule has 0 atom stereocenters. The average molecular weight is 289 g/mol. The summed E-state index contributed by atoms with van der Waals surface area (Å²) in [5, 5.41) is 16.2. The van der Waals surface area contributed by atoms with E-state index in [0.717, 1.165) is 5.69 Å². The van der Waals surface area contributed by atoms with Gasteiger partial charge in [-0.25, -0.2) is 0 Å². The second-order valence-corrected chi connectivity index (χ2v) is 4.68. The molecule has 0 radical (unpaired) electrons. The Balaban J connectivity index is 2.30. The van der Waals surface area contributed by atoms with Gasteiger partial charge in [0.2, 0.25) is 0 Å². The molecule has 0 saturated heterocycles. The van der Waals surface area contributed by atoms with Crippen LogP contribution in [0.15, 0.2) is 24.4 Å². The highest BCUT2D eigenvalue weighted by atomic mass is 35.5. The minimum atomic E-state index is -0.285. The minimum Gasteiger partial charge on any atom is -0.320 e. The number of amides is 1. The van der Waals surface area contributed by atoms with Crippen molar-refractivity contribution in [3.8, 4) is 6.07 Å². The molecule has 0 saturated carbocycles. The maximum Gasteiger partial charge on any atom is 0.259 e. The molecule has 1 aromatic heterocycles. The van der Waals surface area contributed by atoms with Gasteiger partial charge in [-0.3, -0.25) is 9.48 Å². The first-order valence-corrected chi connectivity index (χ1v) is 6.46. The molecule has 0 aliphatic heterocycles. The molecule has 2 rings (SSSR count). The maximum absolute atomic E-state index is 12.3. The summed E-state index contributed by atoms with van der Waals surface area (Å²) in [6, 6.07) is 6.73. The Morgan fingerprint density at radius 2 is 2.30 bits per heavy atom. The van der Waals surface area contributed by atoms with Crippen molar-refractivity contribution in [2.75, 3.05) is 5.32 Å². The molecule has 1 aromatic carbocycles. The highest BCUT2D eigenvalue weighted by molar-refractivity contribution is 6.34. The van der Waals surface area contributed by atoms with Crippen LogP contribution >= 0.6 is 11.6 Å². The van der Waals surface area contributed by atoms with Crippen LogP contribution in [0, 0.1) is 11.3 Å². The molecule has 0 aliphatic rings. The van der Waals surface area contributed by atoms with E-state index in [0.29, 0.717) is 28.3 Å². The lowest BCUT2D eigenvalue weighted by atomic mass is 10.1. The second kappa shape index (κ2) is 5.76. The molecule has 0 bridgehead atoms. The number of hydrogen-bond acceptors (Lipinski definition) is 3. The Morgan fingerprint density at radius 1 is 1.55 bits per heavy atom. The first-order chi connectivity index (χ1) is 9.55. The van der Waals surface area contributed by atoms with Gasteiger partial charge >= 0.3 is 0 Å². The normalized spacial score (nSPS) is 10.1. The van der Waals surface area contributed by atoms with Gasteiger partial charge in [0.1, 0.15) is 0 Å². The van der Waals surface area contributed by atoms with E-state index in [1.807, 2.05) is 13.0 Å². The Bertz CT molecular complexity index is 700. The van der Waals surface area contributed by atoms with Crippen molar-refractivity contribution < 1.29 is 4.79 Å². The Morgan fingerprint density at radius 3 is 2.95 bits per heavy atom. The fourth-order valence-corrected chi connectivity index (χ4v) is 2.03. The van der Waals surface area contributed by atoms with Crippen molar-refractivity contribution in [1.29, 1.82) is 5.26 Å². The molecule has 0 aliphatic carbocycles. The third-order valence-corrected chi connectivity index (χ3v) is 3.16. The number of aryl methyl sites for hydroxylation is 2. The minimum absolute atomic E-state index is 0.285. The number of anilines is 1. The van der Waals surface area contributed by atoms with E-state index in [1.54, 1.807) is 36.1 Å². The van der Waals surface area contributed by atoms with Gasteiger partial charge in [-0.2, -0.15) is 10.4 Å². The second-order valence-electron chi connectivity index (χ2n) is 4.28. The number of nitrogens with zero attached hydrogens (tertiary/aromatic N) is 3. The number of carbonyl (C=O) groups excluding carboxylic acids is 1. The largest absolute Gasteiger partial charge is 0.320 e. The summed E-state index contributed by atoms with van der Waals surface area (Å²) < 4.78 is 1.60. The molecule has 102 valence electrons. The lowest BCUT2D eigenvalue weighted by Crippen LogP contribution is -2.13. The van der Waals surface area contributed by atoms with E-state index in [4.69, 9.17) is 16.9 Å². The molecule has 0 spiro atoms. The summed E-state index contributed by atoms with van der Waals surface area (Å²) >= 11 is 6.02. The standard InChI is InChI=1S/C14H13ClN4O/c1-3-12-10(8-19(2)18-12)14(20)17-13-6-9(7-16)4-5-11(13)15/h4-6,8H,3H2,1-2H3,(H,17,20). The number of hydrogen-bond donors (Lipinski definition) is 1. The van der Waals surface area contributed by atoms with Gasteiger partial charge in [0.25, 0.3) is 5.91 Å². The zero-order valence-corrected chi connectivity index (χ0v) is 11.9. The van der Waals surface area contributed by atoms with Crippen LogP contribution in [-0.4, -0.2) is 15.7 Å². The third kappa shape index (κ3) is 2.81. The quantitative estimate of drug-likeness (QED) is 0.944. The first-order valence-electron chi connectivity index (χ1n) is 6.08. The van der Waals surface area contributed by atoms with Crippen LogP contribution in [0.25, 0.3) is 0 Å². The molecular formula is C14H13ClN4O. The van der Waals surface area contributed by atoms with Crippen molar-refractivity contribution in [1.82, 2.24) is 9.78 Å². The lowest BCUT2D eigenvalue weighted by Gasteiger charge is -2.07. The molecular weight excluding hydrogens is 276 g/mol. The van der Waals surface area contributed by atoms with Crippen molar-refractivity contribution in [2.45, 2.75) is 13.3 Å². The maximum atomic E-state index is 12.3. The topological polar surface area (TPSA) is 70.7 Å². The lowest BCUT2D eigenvalue weighted by molar-refractivity contribution is 0.102. The van der Waals surface area contributed by atoms with Gasteiger partial charge in [-0.15, -0.1) is 0 Å². The van der Waals surface area contributed by atoms with Gasteiger partial charge in [-0.05, 0) is 24.6 Å². The fourth-order valence-electron chi connectivity index (χ4n) is 1.87. The van der Waals surface area contributed by atoms with Gasteiger partial charge < -0.3 is 5.32 Å². The monoisotopic (exact) mass is 288 g/mol. The number of nitrogens with one attached hydrogen (secondary N) is 1. The summed E-state index contributed by atoms with van der Waals surface area (Å²) in [6.45, 7) is 1.93. The summed E-state index contributed by atoms with van der Waals surface area (Å²) in [7, 11) is 1.76. The zero-order chi connectivity index (χ0) is 14.7. The molecule has 2 aromatic rings. The molecule has 1 N–H and O–H groups in total. The number of halogens is 1. The summed E-state index contributed by atoms with van der Waals surface area (Å²) in [5.41, 5.74) is 2.08. The molecule has 5 nitrogen and oxygen atoms in total. The molecule has 0 unspecified atom stereocenters. The molecule has 20 heavy (non-hydrogen) atoms. The summed E-state index contributed by atoms with van der Waals surface area (Å²) in [6.07, 6.45) is 2.33. The molecule has 6 heteroatoms. The third-order valence-electron chi connectivity index (χ3n) is 2.83. The number of rotatable bonds is 3. The first kappa shape index (κ1) is 14.1. The fraction of sp³-hybridized carbons (Fsp3) is 0.214. The Hall–Kier alpha value is -2.32. The van der Waals surface area contributed by atoms with Gasteiger partial charge in [-0.1, -0.05) is 18.5 Å². The molecule has 1 amide bonds. The Labute approximate surface area is 121 Å². The van der Waals surface area contributed by atoms with E-state index < -0.39 is 0 Å². The van der Waals surface area contributed by atoms with Gasteiger partial charge in [0.05, 0.1) is 33.6 Å². The Kier molecular flexibility index (Phi) is 4.06. The molecule has 1 heterocycles. The number of nitriles is 1. The highest BCUT2D eigenvalue weighted by Crippen LogP contribution is 2.23. The van der Waals surface area contributed by atoms with Gasteiger partial charge in [0.15, 0.2) is 0 Å². The summed E-state index contributed by atoms with van der Waals surface area (Å²) in [5.74, 6) is -0.285. The highest BCUT2D eigenvalue weighted by Gasteiger charge is 2.15. The van der Waals surface area contributed by atoms with Crippen LogP contribution in [0.1, 0.15) is 28.5 Å². The van der Waals surface area contributed by atoms with E-state index in [1.165, 1.54) is 0 Å². The van der Waals surface area contributed by atoms with Crippen LogP contribution in [0.3, 0.4) is 0 Å². The van der Waals surface area contributed by atoms with Crippen LogP contribution in [0.5, 0.6) is 0 Å². The van der Waals surface area contributed by atoms with E-state index in [-0.39, 0.29) is 5.91 Å². The van der Waals surface area contributed by atoms with Crippen LogP contribution in [0.2, 0.25) is 5.02 Å². The van der Waals surface area contributed by atoms with Crippen molar-refractivity contribution in [3.63, 3.8) is 0 Å². The van der Waals surface area contributed by atoms with Crippen molar-refractivity contribution in [3.05, 3.63) is 46.2 Å². The SMILES string of the molecule is CCc1nn(C)cc1C(=O)Nc1cc(C#N)ccc1Cl. The summed E-state index contributed by atoms with van der Waals surface area (Å²) in [4.78, 5) is 12.3. The average Bonchev–Trinajstić information content (AvgIpc) is 2.82. The van der Waals surface area contributed by atoms with Crippen molar-refractivity contribution in [2.24, 2.45) is 7.05 Å². The van der Waals surface area contributed by atoms with E-state index >= 15 is 0 Å². The van der Waals surface area contributed by atoms with E-state index in [2.05, 4.69) is 10.4 Å². The smallest absolute Gasteiger partial charge is 0.259 e. The molecule has 0 fully saturated rings. The zero-order valence-electron chi connectivity index (χ0n) is 11.1. The number of aromatic nitrogens is 2. The van der Waals surface area contributed by atoms with Crippen LogP contribution in [0.4, 0.5) is 5.69 Å². The van der Waals surface area contributed by atoms with Crippen LogP contribution in [-0.2, 0) is 13.5 Å².